The van der Waals surface area contributed by atoms with Crippen LogP contribution >= 0.6 is 0 Å². The first-order valence-electron chi connectivity index (χ1n) is 7.90. The average Bonchev–Trinajstić information content (AvgIpc) is 2.65. The third-order valence-corrected chi connectivity index (χ3v) is 4.60. The summed E-state index contributed by atoms with van der Waals surface area (Å²) < 4.78 is 5.91. The Hall–Kier alpha value is -1.55. The van der Waals surface area contributed by atoms with Crippen LogP contribution in [0.5, 0.6) is 5.75 Å². The second kappa shape index (κ2) is 6.06. The highest BCUT2D eigenvalue weighted by atomic mass is 16.5. The number of ether oxygens (including phenoxy) is 1. The number of nitrogens with one attached hydrogen (secondary N) is 2. The molecule has 2 N–H and O–H groups in total. The molecule has 0 aromatic heterocycles. The van der Waals surface area contributed by atoms with Gasteiger partial charge in [0.1, 0.15) is 5.75 Å². The molecule has 1 saturated heterocycles. The monoisotopic (exact) mass is 288 g/mol. The number of piperidine rings is 1. The van der Waals surface area contributed by atoms with Gasteiger partial charge in [0.05, 0.1) is 6.61 Å². The van der Waals surface area contributed by atoms with Crippen molar-refractivity contribution in [3.8, 4) is 5.75 Å². The summed E-state index contributed by atoms with van der Waals surface area (Å²) in [5, 5.41) is 6.68. The van der Waals surface area contributed by atoms with Crippen molar-refractivity contribution in [3.63, 3.8) is 0 Å². The summed E-state index contributed by atoms with van der Waals surface area (Å²) in [6.07, 6.45) is 3.69. The number of benzene rings is 1. The molecule has 0 bridgehead atoms. The number of carbonyl (C=O) groups excluding carboxylic acids is 1. The van der Waals surface area contributed by atoms with Gasteiger partial charge in [-0.2, -0.15) is 0 Å². The van der Waals surface area contributed by atoms with Gasteiger partial charge in [0.2, 0.25) is 5.91 Å². The molecule has 0 radical (unpaired) electrons. The molecule has 21 heavy (non-hydrogen) atoms. The summed E-state index contributed by atoms with van der Waals surface area (Å²) in [5.74, 6) is 1.19. The zero-order chi connectivity index (χ0) is 14.8. The number of amides is 1. The van der Waals surface area contributed by atoms with E-state index in [-0.39, 0.29) is 5.91 Å². The molecule has 4 heteroatoms. The van der Waals surface area contributed by atoms with Gasteiger partial charge in [0, 0.05) is 30.6 Å². The van der Waals surface area contributed by atoms with Crippen LogP contribution in [0.25, 0.3) is 0 Å². The first-order valence-corrected chi connectivity index (χ1v) is 7.90. The van der Waals surface area contributed by atoms with Crippen molar-refractivity contribution >= 4 is 5.91 Å². The predicted molar refractivity (Wildman–Crippen MR) is 82.6 cm³/mol. The summed E-state index contributed by atoms with van der Waals surface area (Å²) in [6, 6.07) is 5.10. The van der Waals surface area contributed by atoms with Gasteiger partial charge in [-0.15, -0.1) is 0 Å². The molecule has 114 valence electrons. The maximum Gasteiger partial charge on any atom is 0.220 e. The van der Waals surface area contributed by atoms with Gasteiger partial charge in [0.25, 0.3) is 0 Å². The van der Waals surface area contributed by atoms with Crippen molar-refractivity contribution in [3.05, 3.63) is 28.8 Å². The number of fused-ring (bicyclic) bond motifs is 1. The van der Waals surface area contributed by atoms with Crippen molar-refractivity contribution in [2.24, 2.45) is 0 Å². The molecule has 2 heterocycles. The molecule has 2 unspecified atom stereocenters. The smallest absolute Gasteiger partial charge is 0.220 e. The Labute approximate surface area is 126 Å². The van der Waals surface area contributed by atoms with Crippen LogP contribution in [0.2, 0.25) is 0 Å². The van der Waals surface area contributed by atoms with Crippen LogP contribution in [0, 0.1) is 13.8 Å². The first kappa shape index (κ1) is 14.4. The average molecular weight is 288 g/mol. The van der Waals surface area contributed by atoms with E-state index in [2.05, 4.69) is 36.6 Å². The number of hydrogen-bond acceptors (Lipinski definition) is 3. The Morgan fingerprint density at radius 1 is 1.24 bits per heavy atom. The maximum atomic E-state index is 11.3. The molecule has 0 saturated carbocycles. The molecule has 0 spiro atoms. The van der Waals surface area contributed by atoms with E-state index in [4.69, 9.17) is 4.74 Å². The third kappa shape index (κ3) is 3.21. The maximum absolute atomic E-state index is 11.3. The Bertz CT molecular complexity index is 532. The number of aryl methyl sites for hydroxylation is 2. The highest BCUT2D eigenvalue weighted by Gasteiger charge is 2.25. The molecule has 2 atom stereocenters. The molecule has 1 aromatic rings. The fraction of sp³-hybridized carbons (Fsp3) is 0.588. The van der Waals surface area contributed by atoms with Crippen molar-refractivity contribution in [2.45, 2.75) is 51.6 Å². The molecular formula is C17H24N2O2. The lowest BCUT2D eigenvalue weighted by molar-refractivity contribution is -0.122. The molecule has 2 aliphatic rings. The van der Waals surface area contributed by atoms with Gasteiger partial charge in [0.15, 0.2) is 0 Å². The second-order valence-corrected chi connectivity index (χ2v) is 6.22. The SMILES string of the molecule is Cc1cc2c(cc1C)C(NC1CCC(=O)NC1)CCCO2. The number of rotatable bonds is 2. The molecule has 3 rings (SSSR count). The van der Waals surface area contributed by atoms with Crippen LogP contribution in [-0.2, 0) is 4.79 Å². The van der Waals surface area contributed by atoms with E-state index >= 15 is 0 Å². The minimum absolute atomic E-state index is 0.170. The molecule has 4 nitrogen and oxygen atoms in total. The topological polar surface area (TPSA) is 50.4 Å². The molecule has 1 amide bonds. The molecular weight excluding hydrogens is 264 g/mol. The largest absolute Gasteiger partial charge is 0.493 e. The lowest BCUT2D eigenvalue weighted by Gasteiger charge is -2.29. The third-order valence-electron chi connectivity index (χ3n) is 4.60. The summed E-state index contributed by atoms with van der Waals surface area (Å²) in [4.78, 5) is 11.3. The second-order valence-electron chi connectivity index (χ2n) is 6.22. The van der Waals surface area contributed by atoms with Crippen LogP contribution in [0.1, 0.15) is 48.4 Å². The summed E-state index contributed by atoms with van der Waals surface area (Å²) in [6.45, 7) is 5.80. The summed E-state index contributed by atoms with van der Waals surface area (Å²) >= 11 is 0. The van der Waals surface area contributed by atoms with E-state index in [0.29, 0.717) is 18.5 Å². The van der Waals surface area contributed by atoms with Gasteiger partial charge in [-0.3, -0.25) is 4.79 Å². The van der Waals surface area contributed by atoms with E-state index in [9.17, 15) is 4.79 Å². The van der Waals surface area contributed by atoms with Gasteiger partial charge in [-0.25, -0.2) is 0 Å². The molecule has 1 fully saturated rings. The zero-order valence-electron chi connectivity index (χ0n) is 12.9. The van der Waals surface area contributed by atoms with E-state index < -0.39 is 0 Å². The predicted octanol–water partition coefficient (Wildman–Crippen LogP) is 2.39. The highest BCUT2D eigenvalue weighted by molar-refractivity contribution is 5.76. The molecule has 2 aliphatic heterocycles. The van der Waals surface area contributed by atoms with Crippen LogP contribution in [0.4, 0.5) is 0 Å². The van der Waals surface area contributed by atoms with Gasteiger partial charge in [-0.1, -0.05) is 6.07 Å². The van der Waals surface area contributed by atoms with E-state index in [0.717, 1.165) is 38.2 Å². The van der Waals surface area contributed by atoms with Crippen molar-refractivity contribution in [2.75, 3.05) is 13.2 Å². The van der Waals surface area contributed by atoms with E-state index in [1.165, 1.54) is 16.7 Å². The van der Waals surface area contributed by atoms with Crippen molar-refractivity contribution in [1.82, 2.24) is 10.6 Å². The lowest BCUT2D eigenvalue weighted by atomic mass is 9.95. The quantitative estimate of drug-likeness (QED) is 0.878. The number of hydrogen-bond donors (Lipinski definition) is 2. The first-order chi connectivity index (χ1) is 10.1. The minimum atomic E-state index is 0.170. The van der Waals surface area contributed by atoms with Crippen LogP contribution in [0.3, 0.4) is 0 Å². The summed E-state index contributed by atoms with van der Waals surface area (Å²) in [5.41, 5.74) is 3.86. The standard InChI is InChI=1S/C17H24N2O2/c1-11-8-14-15(19-13-5-6-17(20)18-10-13)4-3-7-21-16(14)9-12(11)2/h8-9,13,15,19H,3-7,10H2,1-2H3,(H,18,20). The van der Waals surface area contributed by atoms with Gasteiger partial charge < -0.3 is 15.4 Å². The molecule has 1 aromatic carbocycles. The normalized spacial score (nSPS) is 25.5. The van der Waals surface area contributed by atoms with Crippen molar-refractivity contribution in [1.29, 1.82) is 0 Å². The highest BCUT2D eigenvalue weighted by Crippen LogP contribution is 2.34. The Morgan fingerprint density at radius 3 is 2.81 bits per heavy atom. The fourth-order valence-corrected chi connectivity index (χ4v) is 3.17. The van der Waals surface area contributed by atoms with Crippen LogP contribution in [-0.4, -0.2) is 25.1 Å². The fourth-order valence-electron chi connectivity index (χ4n) is 3.17. The molecule has 0 aliphatic carbocycles. The van der Waals surface area contributed by atoms with Gasteiger partial charge in [-0.05, 0) is 50.3 Å². The van der Waals surface area contributed by atoms with Crippen molar-refractivity contribution < 1.29 is 9.53 Å². The Balaban J connectivity index is 1.79. The van der Waals surface area contributed by atoms with Crippen LogP contribution < -0.4 is 15.4 Å². The Kier molecular flexibility index (Phi) is 4.15. The minimum Gasteiger partial charge on any atom is -0.493 e. The number of carbonyl (C=O) groups is 1. The zero-order valence-corrected chi connectivity index (χ0v) is 12.9. The van der Waals surface area contributed by atoms with Crippen LogP contribution in [0.15, 0.2) is 12.1 Å². The van der Waals surface area contributed by atoms with E-state index in [1.807, 2.05) is 0 Å². The van der Waals surface area contributed by atoms with E-state index in [1.54, 1.807) is 0 Å². The Morgan fingerprint density at radius 2 is 2.05 bits per heavy atom. The van der Waals surface area contributed by atoms with Gasteiger partial charge >= 0.3 is 0 Å². The summed E-state index contributed by atoms with van der Waals surface area (Å²) in [7, 11) is 0. The lowest BCUT2D eigenvalue weighted by Crippen LogP contribution is -2.46.